The minimum absolute atomic E-state index is 0. The summed E-state index contributed by atoms with van der Waals surface area (Å²) in [6, 6.07) is 0. The average molecular weight is 276 g/mol. The maximum Gasteiger partial charge on any atom is -0.000845 e. The second kappa shape index (κ2) is 7.98. The molecule has 10 heavy (non-hydrogen) atoms. The summed E-state index contributed by atoms with van der Waals surface area (Å²) in [6.45, 7) is 3.18. The Labute approximate surface area is 83.5 Å². The zero-order valence-corrected chi connectivity index (χ0v) is 9.43. The van der Waals surface area contributed by atoms with E-state index in [1.165, 1.54) is 19.4 Å². The third-order valence-electron chi connectivity index (χ3n) is 1.73. The van der Waals surface area contributed by atoms with Gasteiger partial charge in [0, 0.05) is 0 Å². The molecule has 3 N–H and O–H groups in total. The van der Waals surface area contributed by atoms with Crippen LogP contribution in [0.25, 0.3) is 0 Å². The molecule has 1 aliphatic rings. The molecule has 64 valence electrons. The lowest BCUT2D eigenvalue weighted by molar-refractivity contribution is 0.385. The number of nitrogens with two attached hydrogens (primary N) is 1. The molecule has 1 saturated heterocycles. The van der Waals surface area contributed by atoms with Crippen molar-refractivity contribution < 1.29 is 0 Å². The van der Waals surface area contributed by atoms with Crippen molar-refractivity contribution in [3.63, 3.8) is 0 Å². The van der Waals surface area contributed by atoms with Gasteiger partial charge in [0.25, 0.3) is 0 Å². The molecule has 1 rings (SSSR count). The third-order valence-corrected chi connectivity index (χ3v) is 1.73. The van der Waals surface area contributed by atoms with Crippen LogP contribution in [-0.2, 0) is 0 Å². The molecule has 0 aromatic heterocycles. The molecular weight excluding hydrogens is 260 g/mol. The molecule has 0 bridgehead atoms. The highest BCUT2D eigenvalue weighted by molar-refractivity contribution is 8.93. The number of hydrogen-bond acceptors (Lipinski definition) is 2. The SMILES string of the molecule is Br.Br.NC[C@H]1CCCNC1. The number of rotatable bonds is 1. The summed E-state index contributed by atoms with van der Waals surface area (Å²) in [5, 5.41) is 3.31. The molecule has 0 saturated carbocycles. The molecule has 1 fully saturated rings. The molecule has 0 aromatic carbocycles. The first-order chi connectivity index (χ1) is 3.93. The van der Waals surface area contributed by atoms with Gasteiger partial charge in [0.15, 0.2) is 0 Å². The lowest BCUT2D eigenvalue weighted by atomic mass is 10.0. The number of halogens is 2. The number of piperidine rings is 1. The van der Waals surface area contributed by atoms with Crippen molar-refractivity contribution in [3.05, 3.63) is 0 Å². The van der Waals surface area contributed by atoms with Gasteiger partial charge < -0.3 is 11.1 Å². The molecule has 1 heterocycles. The predicted molar refractivity (Wildman–Crippen MR) is 55.3 cm³/mol. The second-order valence-corrected chi connectivity index (χ2v) is 2.45. The quantitative estimate of drug-likeness (QED) is 0.752. The Morgan fingerprint density at radius 1 is 1.40 bits per heavy atom. The van der Waals surface area contributed by atoms with Crippen LogP contribution in [0.3, 0.4) is 0 Å². The summed E-state index contributed by atoms with van der Waals surface area (Å²) in [5.74, 6) is 0.753. The van der Waals surface area contributed by atoms with Gasteiger partial charge in [-0.15, -0.1) is 34.0 Å². The highest BCUT2D eigenvalue weighted by atomic mass is 79.9. The van der Waals surface area contributed by atoms with Crippen LogP contribution in [0.1, 0.15) is 12.8 Å². The first-order valence-electron chi connectivity index (χ1n) is 3.34. The fourth-order valence-electron chi connectivity index (χ4n) is 1.13. The van der Waals surface area contributed by atoms with E-state index in [1.54, 1.807) is 0 Å². The standard InChI is InChI=1S/C6H14N2.2BrH/c7-4-6-2-1-3-8-5-6;;/h6,8H,1-5,7H2;2*1H/t6-;;/m1../s1. The summed E-state index contributed by atoms with van der Waals surface area (Å²) < 4.78 is 0. The molecule has 1 aliphatic heterocycles. The van der Waals surface area contributed by atoms with Crippen LogP contribution in [-0.4, -0.2) is 19.6 Å². The molecule has 1 atom stereocenters. The second-order valence-electron chi connectivity index (χ2n) is 2.45. The van der Waals surface area contributed by atoms with Gasteiger partial charge in [0.05, 0.1) is 0 Å². The summed E-state index contributed by atoms with van der Waals surface area (Å²) >= 11 is 0. The van der Waals surface area contributed by atoms with E-state index in [4.69, 9.17) is 5.73 Å². The highest BCUT2D eigenvalue weighted by Crippen LogP contribution is 2.06. The summed E-state index contributed by atoms with van der Waals surface area (Å²) in [6.07, 6.45) is 2.63. The molecule has 0 amide bonds. The van der Waals surface area contributed by atoms with Gasteiger partial charge >= 0.3 is 0 Å². The third kappa shape index (κ3) is 4.66. The van der Waals surface area contributed by atoms with Crippen molar-refractivity contribution >= 4 is 34.0 Å². The zero-order valence-electron chi connectivity index (χ0n) is 6.01. The number of nitrogens with one attached hydrogen (secondary N) is 1. The van der Waals surface area contributed by atoms with E-state index >= 15 is 0 Å². The molecule has 2 nitrogen and oxygen atoms in total. The van der Waals surface area contributed by atoms with Crippen molar-refractivity contribution in [1.82, 2.24) is 5.32 Å². The Balaban J connectivity index is 0. The molecule has 4 heteroatoms. The van der Waals surface area contributed by atoms with Crippen molar-refractivity contribution in [2.75, 3.05) is 19.6 Å². The lowest BCUT2D eigenvalue weighted by Gasteiger charge is -2.20. The fourth-order valence-corrected chi connectivity index (χ4v) is 1.13. The zero-order chi connectivity index (χ0) is 5.82. The van der Waals surface area contributed by atoms with E-state index in [0.29, 0.717) is 0 Å². The maximum atomic E-state index is 5.46. The molecule has 0 aromatic rings. The monoisotopic (exact) mass is 274 g/mol. The molecular formula is C6H16Br2N2. The molecule has 0 radical (unpaired) electrons. The Morgan fingerprint density at radius 2 is 2.10 bits per heavy atom. The van der Waals surface area contributed by atoms with Gasteiger partial charge in [-0.25, -0.2) is 0 Å². The van der Waals surface area contributed by atoms with Crippen LogP contribution in [0.2, 0.25) is 0 Å². The number of hydrogen-bond donors (Lipinski definition) is 2. The Bertz CT molecular complexity index is 64.8. The van der Waals surface area contributed by atoms with Gasteiger partial charge in [-0.05, 0) is 38.4 Å². The van der Waals surface area contributed by atoms with Crippen LogP contribution in [0.15, 0.2) is 0 Å². The van der Waals surface area contributed by atoms with Gasteiger partial charge in [0.2, 0.25) is 0 Å². The van der Waals surface area contributed by atoms with E-state index in [9.17, 15) is 0 Å². The van der Waals surface area contributed by atoms with E-state index in [1.807, 2.05) is 0 Å². The summed E-state index contributed by atoms with van der Waals surface area (Å²) in [5.41, 5.74) is 5.46. The Hall–Kier alpha value is 0.880. The largest absolute Gasteiger partial charge is 0.330 e. The minimum atomic E-state index is 0. The van der Waals surface area contributed by atoms with E-state index in [-0.39, 0.29) is 34.0 Å². The van der Waals surface area contributed by atoms with E-state index in [0.717, 1.165) is 19.0 Å². The first kappa shape index (κ1) is 13.5. The van der Waals surface area contributed by atoms with Crippen LogP contribution >= 0.6 is 34.0 Å². The molecule has 0 aliphatic carbocycles. The maximum absolute atomic E-state index is 5.46. The first-order valence-corrected chi connectivity index (χ1v) is 3.34. The van der Waals surface area contributed by atoms with Gasteiger partial charge in [0.1, 0.15) is 0 Å². The van der Waals surface area contributed by atoms with E-state index in [2.05, 4.69) is 5.32 Å². The van der Waals surface area contributed by atoms with Crippen molar-refractivity contribution in [3.8, 4) is 0 Å². The normalized spacial score (nSPS) is 24.3. The molecule has 0 spiro atoms. The van der Waals surface area contributed by atoms with Crippen molar-refractivity contribution in [2.24, 2.45) is 11.7 Å². The van der Waals surface area contributed by atoms with Gasteiger partial charge in [-0.1, -0.05) is 0 Å². The van der Waals surface area contributed by atoms with Crippen LogP contribution in [0.4, 0.5) is 0 Å². The fraction of sp³-hybridized carbons (Fsp3) is 1.00. The van der Waals surface area contributed by atoms with Crippen LogP contribution < -0.4 is 11.1 Å². The minimum Gasteiger partial charge on any atom is -0.330 e. The highest BCUT2D eigenvalue weighted by Gasteiger charge is 2.09. The van der Waals surface area contributed by atoms with Gasteiger partial charge in [-0.2, -0.15) is 0 Å². The van der Waals surface area contributed by atoms with Crippen LogP contribution in [0.5, 0.6) is 0 Å². The van der Waals surface area contributed by atoms with E-state index < -0.39 is 0 Å². The van der Waals surface area contributed by atoms with Crippen LogP contribution in [0, 0.1) is 5.92 Å². The van der Waals surface area contributed by atoms with Crippen molar-refractivity contribution in [1.29, 1.82) is 0 Å². The molecule has 0 unspecified atom stereocenters. The van der Waals surface area contributed by atoms with Gasteiger partial charge in [-0.3, -0.25) is 0 Å². The van der Waals surface area contributed by atoms with Crippen molar-refractivity contribution in [2.45, 2.75) is 12.8 Å². The topological polar surface area (TPSA) is 38.0 Å². The lowest BCUT2D eigenvalue weighted by Crippen LogP contribution is -2.33. The average Bonchev–Trinajstić information content (AvgIpc) is 1.90. The summed E-state index contributed by atoms with van der Waals surface area (Å²) in [7, 11) is 0. The summed E-state index contributed by atoms with van der Waals surface area (Å²) in [4.78, 5) is 0. The smallest absolute Gasteiger partial charge is 0.000845 e. The predicted octanol–water partition coefficient (Wildman–Crippen LogP) is 1.10. The Morgan fingerprint density at radius 3 is 2.40 bits per heavy atom. The Kier molecular flexibility index (Phi) is 10.7.